The Morgan fingerprint density at radius 2 is 2.24 bits per heavy atom. The number of benzene rings is 1. The summed E-state index contributed by atoms with van der Waals surface area (Å²) in [6, 6.07) is 4.13. The van der Waals surface area contributed by atoms with Crippen LogP contribution in [-0.4, -0.2) is 42.3 Å². The normalized spacial score (nSPS) is 17.2. The molecule has 0 bridgehead atoms. The molecule has 3 rings (SSSR count). The van der Waals surface area contributed by atoms with E-state index in [-0.39, 0.29) is 24.3 Å². The smallest absolute Gasteiger partial charge is 0.312 e. The number of esters is 1. The fraction of sp³-hybridized carbons (Fsp3) is 0.467. The molecule has 1 fully saturated rings. The van der Waals surface area contributed by atoms with Gasteiger partial charge in [0.25, 0.3) is 0 Å². The van der Waals surface area contributed by atoms with Crippen molar-refractivity contribution in [2.24, 2.45) is 0 Å². The van der Waals surface area contributed by atoms with Crippen molar-refractivity contribution in [1.82, 2.24) is 10.1 Å². The van der Waals surface area contributed by atoms with E-state index >= 15 is 0 Å². The fourth-order valence-electron chi connectivity index (χ4n) is 2.56. The van der Waals surface area contributed by atoms with Crippen molar-refractivity contribution in [3.8, 4) is 0 Å². The summed E-state index contributed by atoms with van der Waals surface area (Å²) in [5.74, 6) is -0.723. The van der Waals surface area contributed by atoms with Gasteiger partial charge in [-0.2, -0.15) is 0 Å². The number of piperidine rings is 1. The van der Waals surface area contributed by atoms with Crippen LogP contribution in [-0.2, 0) is 16.0 Å². The minimum absolute atomic E-state index is 0.00277. The largest absolute Gasteiger partial charge is 0.462 e. The standard InChI is InChI=1S/C15H17FN2O3/c1-18-6-4-11(5-7-18)20-15(19)9-13-12-8-10(16)2-3-14(12)21-17-13/h2-3,8,11H,4-7,9H2,1H3. The van der Waals surface area contributed by atoms with Gasteiger partial charge in [0.1, 0.15) is 17.6 Å². The second-order valence-electron chi connectivity index (χ2n) is 5.44. The summed E-state index contributed by atoms with van der Waals surface area (Å²) in [4.78, 5) is 14.2. The molecular formula is C15H17FN2O3. The van der Waals surface area contributed by atoms with Crippen LogP contribution in [0.4, 0.5) is 4.39 Å². The van der Waals surface area contributed by atoms with Crippen molar-refractivity contribution in [2.75, 3.05) is 20.1 Å². The Balaban J connectivity index is 1.65. The lowest BCUT2D eigenvalue weighted by Crippen LogP contribution is -2.35. The van der Waals surface area contributed by atoms with Crippen LogP contribution < -0.4 is 0 Å². The van der Waals surface area contributed by atoms with Crippen LogP contribution in [0.3, 0.4) is 0 Å². The number of fused-ring (bicyclic) bond motifs is 1. The van der Waals surface area contributed by atoms with Crippen molar-refractivity contribution < 1.29 is 18.4 Å². The molecule has 5 nitrogen and oxygen atoms in total. The highest BCUT2D eigenvalue weighted by Gasteiger charge is 2.21. The lowest BCUT2D eigenvalue weighted by atomic mass is 10.1. The third kappa shape index (κ3) is 3.21. The van der Waals surface area contributed by atoms with Crippen molar-refractivity contribution in [2.45, 2.75) is 25.4 Å². The maximum absolute atomic E-state index is 13.3. The zero-order valence-electron chi connectivity index (χ0n) is 11.8. The van der Waals surface area contributed by atoms with Gasteiger partial charge in [-0.3, -0.25) is 4.79 Å². The number of ether oxygens (including phenoxy) is 1. The number of aromatic nitrogens is 1. The lowest BCUT2D eigenvalue weighted by molar-refractivity contribution is -0.150. The Bertz CT molecular complexity index is 647. The molecule has 0 atom stereocenters. The highest BCUT2D eigenvalue weighted by Crippen LogP contribution is 2.21. The summed E-state index contributed by atoms with van der Waals surface area (Å²) < 4.78 is 23.8. The van der Waals surface area contributed by atoms with Crippen molar-refractivity contribution in [3.63, 3.8) is 0 Å². The second-order valence-corrected chi connectivity index (χ2v) is 5.44. The minimum Gasteiger partial charge on any atom is -0.462 e. The first-order chi connectivity index (χ1) is 10.1. The molecule has 1 aromatic heterocycles. The molecule has 2 heterocycles. The van der Waals surface area contributed by atoms with E-state index in [0.717, 1.165) is 25.9 Å². The third-order valence-corrected chi connectivity index (χ3v) is 3.78. The molecule has 6 heteroatoms. The average Bonchev–Trinajstić information content (AvgIpc) is 2.84. The molecule has 0 saturated carbocycles. The molecular weight excluding hydrogens is 275 g/mol. The van der Waals surface area contributed by atoms with Gasteiger partial charge in [-0.05, 0) is 38.1 Å². The SMILES string of the molecule is CN1CCC(OC(=O)Cc2noc3ccc(F)cc23)CC1. The van der Waals surface area contributed by atoms with Gasteiger partial charge in [0, 0.05) is 18.5 Å². The Kier molecular flexibility index (Phi) is 3.88. The number of rotatable bonds is 3. The fourth-order valence-corrected chi connectivity index (χ4v) is 2.56. The van der Waals surface area contributed by atoms with Crippen molar-refractivity contribution >= 4 is 16.9 Å². The van der Waals surface area contributed by atoms with E-state index in [9.17, 15) is 9.18 Å². The summed E-state index contributed by atoms with van der Waals surface area (Å²) in [6.45, 7) is 1.85. The minimum atomic E-state index is -0.379. The lowest BCUT2D eigenvalue weighted by Gasteiger charge is -2.28. The first kappa shape index (κ1) is 14.0. The van der Waals surface area contributed by atoms with Gasteiger partial charge in [-0.25, -0.2) is 4.39 Å². The van der Waals surface area contributed by atoms with Gasteiger partial charge in [-0.15, -0.1) is 0 Å². The summed E-state index contributed by atoms with van der Waals surface area (Å²) in [7, 11) is 2.05. The molecule has 0 unspecified atom stereocenters. The van der Waals surface area contributed by atoms with E-state index < -0.39 is 0 Å². The van der Waals surface area contributed by atoms with Gasteiger partial charge in [0.15, 0.2) is 5.58 Å². The first-order valence-corrected chi connectivity index (χ1v) is 7.03. The molecule has 0 radical (unpaired) electrons. The Labute approximate surface area is 121 Å². The molecule has 0 N–H and O–H groups in total. The molecule has 21 heavy (non-hydrogen) atoms. The molecule has 1 saturated heterocycles. The van der Waals surface area contributed by atoms with E-state index in [2.05, 4.69) is 10.1 Å². The van der Waals surface area contributed by atoms with Crippen LogP contribution in [0, 0.1) is 5.82 Å². The molecule has 0 aliphatic carbocycles. The van der Waals surface area contributed by atoms with Gasteiger partial charge >= 0.3 is 5.97 Å². The van der Waals surface area contributed by atoms with Crippen molar-refractivity contribution in [3.05, 3.63) is 29.7 Å². The van der Waals surface area contributed by atoms with Crippen LogP contribution in [0.5, 0.6) is 0 Å². The molecule has 0 amide bonds. The number of hydrogen-bond acceptors (Lipinski definition) is 5. The highest BCUT2D eigenvalue weighted by atomic mass is 19.1. The van der Waals surface area contributed by atoms with Crippen LogP contribution >= 0.6 is 0 Å². The molecule has 1 aromatic carbocycles. The predicted octanol–water partition coefficient (Wildman–Crippen LogP) is 2.15. The van der Waals surface area contributed by atoms with E-state index in [0.29, 0.717) is 16.7 Å². The van der Waals surface area contributed by atoms with Gasteiger partial charge < -0.3 is 14.2 Å². The maximum atomic E-state index is 13.3. The summed E-state index contributed by atoms with van der Waals surface area (Å²) >= 11 is 0. The Hall–Kier alpha value is -1.95. The monoisotopic (exact) mass is 292 g/mol. The van der Waals surface area contributed by atoms with E-state index in [4.69, 9.17) is 9.26 Å². The number of halogens is 1. The second kappa shape index (κ2) is 5.81. The van der Waals surface area contributed by atoms with Gasteiger partial charge in [0.2, 0.25) is 0 Å². The van der Waals surface area contributed by atoms with Gasteiger partial charge in [-0.1, -0.05) is 5.16 Å². The predicted molar refractivity (Wildman–Crippen MR) is 74.3 cm³/mol. The Morgan fingerprint density at radius 3 is 3.00 bits per heavy atom. The van der Waals surface area contributed by atoms with Crippen LogP contribution in [0.2, 0.25) is 0 Å². The number of carbonyl (C=O) groups is 1. The average molecular weight is 292 g/mol. The zero-order valence-corrected chi connectivity index (χ0v) is 11.8. The van der Waals surface area contributed by atoms with Crippen molar-refractivity contribution in [1.29, 1.82) is 0 Å². The number of likely N-dealkylation sites (tertiary alicyclic amines) is 1. The van der Waals surface area contributed by atoms with Crippen LogP contribution in [0.15, 0.2) is 22.7 Å². The maximum Gasteiger partial charge on any atom is 0.312 e. The third-order valence-electron chi connectivity index (χ3n) is 3.78. The quantitative estimate of drug-likeness (QED) is 0.811. The van der Waals surface area contributed by atoms with E-state index in [1.807, 2.05) is 7.05 Å². The summed E-state index contributed by atoms with van der Waals surface area (Å²) in [5, 5.41) is 4.35. The highest BCUT2D eigenvalue weighted by molar-refractivity contribution is 5.84. The van der Waals surface area contributed by atoms with Crippen LogP contribution in [0.25, 0.3) is 11.0 Å². The topological polar surface area (TPSA) is 55.6 Å². The molecule has 1 aliphatic rings. The zero-order chi connectivity index (χ0) is 14.8. The van der Waals surface area contributed by atoms with E-state index in [1.165, 1.54) is 18.2 Å². The first-order valence-electron chi connectivity index (χ1n) is 7.03. The Morgan fingerprint density at radius 1 is 1.48 bits per heavy atom. The van der Waals surface area contributed by atoms with Crippen LogP contribution in [0.1, 0.15) is 18.5 Å². The molecule has 112 valence electrons. The number of hydrogen-bond donors (Lipinski definition) is 0. The van der Waals surface area contributed by atoms with E-state index in [1.54, 1.807) is 0 Å². The molecule has 1 aliphatic heterocycles. The molecule has 2 aromatic rings. The number of nitrogens with zero attached hydrogens (tertiary/aromatic N) is 2. The molecule has 0 spiro atoms. The van der Waals surface area contributed by atoms with Gasteiger partial charge in [0.05, 0.1) is 6.42 Å². The number of carbonyl (C=O) groups excluding carboxylic acids is 1. The summed E-state index contributed by atoms with van der Waals surface area (Å²) in [6.07, 6.45) is 1.65. The summed E-state index contributed by atoms with van der Waals surface area (Å²) in [5.41, 5.74) is 0.890.